The van der Waals surface area contributed by atoms with Crippen LogP contribution in [0.4, 0.5) is 4.39 Å². The average molecular weight is 396 g/mol. The van der Waals surface area contributed by atoms with Gasteiger partial charge in [0.05, 0.1) is 22.3 Å². The Balaban J connectivity index is 1.83. The minimum Gasteiger partial charge on any atom is -0.339 e. The summed E-state index contributed by atoms with van der Waals surface area (Å²) in [5, 5.41) is 4.85. The number of para-hydroxylation sites is 1. The Kier molecular flexibility index (Phi) is 4.95. The molecule has 0 amide bonds. The molecule has 0 fully saturated rings. The first kappa shape index (κ1) is 18.4. The van der Waals surface area contributed by atoms with Gasteiger partial charge in [0.25, 0.3) is 5.56 Å². The van der Waals surface area contributed by atoms with E-state index in [1.54, 1.807) is 37.3 Å². The van der Waals surface area contributed by atoms with E-state index in [-0.39, 0.29) is 11.4 Å². The number of thioether (sulfide) groups is 1. The summed E-state index contributed by atoms with van der Waals surface area (Å²) in [7, 11) is 0. The van der Waals surface area contributed by atoms with Crippen molar-refractivity contribution in [2.45, 2.75) is 31.2 Å². The van der Waals surface area contributed by atoms with Gasteiger partial charge in [-0.05, 0) is 36.8 Å². The molecule has 0 saturated carbocycles. The van der Waals surface area contributed by atoms with Gasteiger partial charge in [-0.1, -0.05) is 42.0 Å². The molecule has 0 aliphatic heterocycles. The van der Waals surface area contributed by atoms with Crippen molar-refractivity contribution in [2.24, 2.45) is 0 Å². The Morgan fingerprint density at radius 3 is 2.75 bits per heavy atom. The van der Waals surface area contributed by atoms with E-state index in [0.717, 1.165) is 0 Å². The second-order valence-corrected chi connectivity index (χ2v) is 7.17. The SMILES string of the molecule is CCc1nc(CSc2nc3ccccc3c(=O)n2-c2ccc(C)c(F)c2)no1. The maximum atomic E-state index is 14.2. The summed E-state index contributed by atoms with van der Waals surface area (Å²) in [4.78, 5) is 22.1. The average Bonchev–Trinajstić information content (AvgIpc) is 3.17. The van der Waals surface area contributed by atoms with E-state index in [0.29, 0.717) is 51.2 Å². The number of hydrogen-bond donors (Lipinski definition) is 0. The van der Waals surface area contributed by atoms with Crippen LogP contribution in [0.2, 0.25) is 0 Å². The van der Waals surface area contributed by atoms with E-state index >= 15 is 0 Å². The summed E-state index contributed by atoms with van der Waals surface area (Å²) >= 11 is 1.30. The van der Waals surface area contributed by atoms with E-state index in [9.17, 15) is 9.18 Å². The van der Waals surface area contributed by atoms with E-state index in [4.69, 9.17) is 4.52 Å². The number of hydrogen-bond acceptors (Lipinski definition) is 6. The fourth-order valence-corrected chi connectivity index (χ4v) is 3.63. The zero-order valence-corrected chi connectivity index (χ0v) is 16.2. The maximum absolute atomic E-state index is 14.2. The summed E-state index contributed by atoms with van der Waals surface area (Å²) in [5.41, 5.74) is 1.27. The highest BCUT2D eigenvalue weighted by Crippen LogP contribution is 2.24. The number of aromatic nitrogens is 4. The van der Waals surface area contributed by atoms with E-state index in [1.807, 2.05) is 13.0 Å². The van der Waals surface area contributed by atoms with Crippen molar-refractivity contribution in [3.05, 3.63) is 75.9 Å². The number of fused-ring (bicyclic) bond motifs is 1. The lowest BCUT2D eigenvalue weighted by atomic mass is 10.2. The molecule has 8 heteroatoms. The van der Waals surface area contributed by atoms with Crippen LogP contribution in [0.3, 0.4) is 0 Å². The predicted octanol–water partition coefficient (Wildman–Crippen LogP) is 4.07. The summed E-state index contributed by atoms with van der Waals surface area (Å²) in [6.45, 7) is 3.61. The van der Waals surface area contributed by atoms with Gasteiger partial charge in [-0.25, -0.2) is 9.37 Å². The first-order valence-corrected chi connectivity index (χ1v) is 9.78. The molecule has 4 rings (SSSR count). The van der Waals surface area contributed by atoms with Crippen molar-refractivity contribution in [3.8, 4) is 5.69 Å². The number of halogens is 1. The van der Waals surface area contributed by atoms with E-state index < -0.39 is 0 Å². The topological polar surface area (TPSA) is 73.8 Å². The van der Waals surface area contributed by atoms with Gasteiger partial charge >= 0.3 is 0 Å². The third-order valence-corrected chi connectivity index (χ3v) is 5.24. The Hall–Kier alpha value is -3.00. The second kappa shape index (κ2) is 7.55. The lowest BCUT2D eigenvalue weighted by molar-refractivity contribution is 0.378. The summed E-state index contributed by atoms with van der Waals surface area (Å²) in [6.07, 6.45) is 0.652. The third-order valence-electron chi connectivity index (χ3n) is 4.30. The molecule has 0 spiro atoms. The van der Waals surface area contributed by atoms with Crippen molar-refractivity contribution in [3.63, 3.8) is 0 Å². The van der Waals surface area contributed by atoms with Gasteiger partial charge in [-0.3, -0.25) is 9.36 Å². The van der Waals surface area contributed by atoms with Crippen molar-refractivity contribution in [1.82, 2.24) is 19.7 Å². The highest BCUT2D eigenvalue weighted by molar-refractivity contribution is 7.98. The first-order valence-electron chi connectivity index (χ1n) is 8.79. The van der Waals surface area contributed by atoms with Crippen molar-refractivity contribution < 1.29 is 8.91 Å². The smallest absolute Gasteiger partial charge is 0.266 e. The Morgan fingerprint density at radius 2 is 2.00 bits per heavy atom. The van der Waals surface area contributed by atoms with Crippen LogP contribution in [0.1, 0.15) is 24.2 Å². The van der Waals surface area contributed by atoms with Crippen molar-refractivity contribution in [1.29, 1.82) is 0 Å². The molecule has 0 N–H and O–H groups in total. The molecule has 0 bridgehead atoms. The van der Waals surface area contributed by atoms with Gasteiger partial charge in [0.1, 0.15) is 5.82 Å². The highest BCUT2D eigenvalue weighted by atomic mass is 32.2. The summed E-state index contributed by atoms with van der Waals surface area (Å²) < 4.78 is 20.7. The molecular weight excluding hydrogens is 379 g/mol. The Labute approximate surface area is 164 Å². The van der Waals surface area contributed by atoms with Gasteiger partial charge < -0.3 is 4.52 Å². The fourth-order valence-electron chi connectivity index (χ4n) is 2.78. The van der Waals surface area contributed by atoms with Gasteiger partial charge in [-0.2, -0.15) is 4.98 Å². The minimum atomic E-state index is -0.376. The molecule has 2 aromatic heterocycles. The summed E-state index contributed by atoms with van der Waals surface area (Å²) in [6, 6.07) is 11.8. The molecule has 2 heterocycles. The molecule has 0 aliphatic carbocycles. The molecule has 6 nitrogen and oxygen atoms in total. The Bertz CT molecular complexity index is 1220. The quantitative estimate of drug-likeness (QED) is 0.374. The maximum Gasteiger partial charge on any atom is 0.266 e. The zero-order valence-electron chi connectivity index (χ0n) is 15.3. The number of nitrogens with zero attached hydrogens (tertiary/aromatic N) is 4. The van der Waals surface area contributed by atoms with Crippen LogP contribution in [0.25, 0.3) is 16.6 Å². The highest BCUT2D eigenvalue weighted by Gasteiger charge is 2.15. The minimum absolute atomic E-state index is 0.251. The zero-order chi connectivity index (χ0) is 19.7. The van der Waals surface area contributed by atoms with Crippen molar-refractivity contribution >= 4 is 22.7 Å². The van der Waals surface area contributed by atoms with E-state index in [2.05, 4.69) is 15.1 Å². The largest absolute Gasteiger partial charge is 0.339 e. The van der Waals surface area contributed by atoms with Crippen LogP contribution < -0.4 is 5.56 Å². The molecule has 0 aliphatic rings. The van der Waals surface area contributed by atoms with E-state index in [1.165, 1.54) is 22.4 Å². The molecule has 28 heavy (non-hydrogen) atoms. The molecule has 142 valence electrons. The second-order valence-electron chi connectivity index (χ2n) is 6.23. The van der Waals surface area contributed by atoms with Crippen LogP contribution in [0.5, 0.6) is 0 Å². The molecule has 4 aromatic rings. The van der Waals surface area contributed by atoms with Crippen LogP contribution in [0, 0.1) is 12.7 Å². The van der Waals surface area contributed by atoms with Crippen LogP contribution in [-0.4, -0.2) is 19.7 Å². The van der Waals surface area contributed by atoms with Gasteiger partial charge in [0, 0.05) is 6.42 Å². The van der Waals surface area contributed by atoms with Gasteiger partial charge in [0.15, 0.2) is 11.0 Å². The molecule has 0 unspecified atom stereocenters. The lowest BCUT2D eigenvalue weighted by Crippen LogP contribution is -2.22. The molecule has 0 atom stereocenters. The fraction of sp³-hybridized carbons (Fsp3) is 0.200. The van der Waals surface area contributed by atoms with Crippen LogP contribution >= 0.6 is 11.8 Å². The Morgan fingerprint density at radius 1 is 1.18 bits per heavy atom. The third kappa shape index (κ3) is 3.43. The monoisotopic (exact) mass is 396 g/mol. The normalized spacial score (nSPS) is 11.2. The molecular formula is C20H17FN4O2S. The van der Waals surface area contributed by atoms with Crippen LogP contribution in [0.15, 0.2) is 56.9 Å². The number of aryl methyl sites for hydroxylation is 2. The molecule has 0 radical (unpaired) electrons. The summed E-state index contributed by atoms with van der Waals surface area (Å²) in [5.74, 6) is 1.08. The molecule has 2 aromatic carbocycles. The van der Waals surface area contributed by atoms with Crippen LogP contribution in [-0.2, 0) is 12.2 Å². The number of rotatable bonds is 5. The standard InChI is InChI=1S/C20H17FN4O2S/c1-3-18-23-17(24-27-18)11-28-20-22-16-7-5-4-6-14(16)19(26)25(20)13-9-8-12(2)15(21)10-13/h4-10H,3,11H2,1-2H3. The van der Waals surface area contributed by atoms with Gasteiger partial charge in [0.2, 0.25) is 5.89 Å². The number of benzene rings is 2. The van der Waals surface area contributed by atoms with Gasteiger partial charge in [-0.15, -0.1) is 0 Å². The van der Waals surface area contributed by atoms with Crippen molar-refractivity contribution in [2.75, 3.05) is 0 Å². The predicted molar refractivity (Wildman–Crippen MR) is 105 cm³/mol. The molecule has 0 saturated heterocycles. The lowest BCUT2D eigenvalue weighted by Gasteiger charge is -2.13. The first-order chi connectivity index (χ1) is 13.6.